The van der Waals surface area contributed by atoms with Crippen molar-refractivity contribution in [3.63, 3.8) is 0 Å². The van der Waals surface area contributed by atoms with Crippen molar-refractivity contribution in [3.8, 4) is 0 Å². The minimum absolute atomic E-state index is 0.00682. The number of ether oxygens (including phenoxy) is 1. The van der Waals surface area contributed by atoms with Gasteiger partial charge in [0.05, 0.1) is 6.61 Å². The summed E-state index contributed by atoms with van der Waals surface area (Å²) in [7, 11) is -4.55. The van der Waals surface area contributed by atoms with Crippen LogP contribution in [0.3, 0.4) is 0 Å². The SMILES string of the molecule is C=CC(c1cccc2ccccc12)S(=O)(=O)C(CCCC(C)C)(CC(=O)OCC)[N+](=O)[O-]. The summed E-state index contributed by atoms with van der Waals surface area (Å²) >= 11 is 0. The number of sulfone groups is 1. The van der Waals surface area contributed by atoms with Gasteiger partial charge in [0.25, 0.3) is 0 Å². The quantitative estimate of drug-likeness (QED) is 0.185. The van der Waals surface area contributed by atoms with Crippen molar-refractivity contribution in [1.29, 1.82) is 0 Å². The van der Waals surface area contributed by atoms with Crippen molar-refractivity contribution in [2.45, 2.75) is 56.6 Å². The lowest BCUT2D eigenvalue weighted by molar-refractivity contribution is -0.541. The maximum atomic E-state index is 14.0. The number of hydrogen-bond donors (Lipinski definition) is 0. The van der Waals surface area contributed by atoms with Crippen LogP contribution in [0.15, 0.2) is 55.1 Å². The number of fused-ring (bicyclic) bond motifs is 1. The second-order valence-corrected chi connectivity index (χ2v) is 10.6. The first-order valence-electron chi connectivity index (χ1n) is 10.7. The molecular formula is C24H31NO6S. The van der Waals surface area contributed by atoms with E-state index in [2.05, 4.69) is 6.58 Å². The number of carbonyl (C=O) groups excluding carboxylic acids is 1. The number of carbonyl (C=O) groups is 1. The van der Waals surface area contributed by atoms with Crippen LogP contribution in [0.25, 0.3) is 10.8 Å². The Labute approximate surface area is 189 Å². The summed E-state index contributed by atoms with van der Waals surface area (Å²) in [5.41, 5.74) is 0.400. The second-order valence-electron chi connectivity index (χ2n) is 8.24. The fourth-order valence-electron chi connectivity index (χ4n) is 3.97. The first kappa shape index (κ1) is 25.5. The average Bonchev–Trinajstić information content (AvgIpc) is 2.73. The van der Waals surface area contributed by atoms with E-state index >= 15 is 0 Å². The highest BCUT2D eigenvalue weighted by Crippen LogP contribution is 2.41. The predicted octanol–water partition coefficient (Wildman–Crippen LogP) is 5.23. The molecule has 0 fully saturated rings. The third-order valence-corrected chi connectivity index (χ3v) is 8.29. The molecule has 2 rings (SSSR count). The molecule has 174 valence electrons. The molecule has 0 bridgehead atoms. The van der Waals surface area contributed by atoms with E-state index in [1.807, 2.05) is 32.0 Å². The van der Waals surface area contributed by atoms with E-state index in [0.29, 0.717) is 17.4 Å². The molecule has 0 amide bonds. The minimum Gasteiger partial charge on any atom is -0.466 e. The van der Waals surface area contributed by atoms with Crippen molar-refractivity contribution in [3.05, 3.63) is 70.8 Å². The normalized spacial score (nSPS) is 14.6. The molecule has 2 atom stereocenters. The summed E-state index contributed by atoms with van der Waals surface area (Å²) in [6.07, 6.45) is 0.971. The maximum Gasteiger partial charge on any atom is 0.330 e. The summed E-state index contributed by atoms with van der Waals surface area (Å²) in [5, 5.41) is 12.5. The Balaban J connectivity index is 2.67. The molecule has 0 saturated carbocycles. The summed E-state index contributed by atoms with van der Waals surface area (Å²) in [5.74, 6) is -0.670. The first-order chi connectivity index (χ1) is 15.1. The fraction of sp³-hybridized carbons (Fsp3) is 0.458. The van der Waals surface area contributed by atoms with E-state index < -0.39 is 37.3 Å². The maximum absolute atomic E-state index is 14.0. The van der Waals surface area contributed by atoms with Crippen LogP contribution in [-0.4, -0.2) is 30.8 Å². The van der Waals surface area contributed by atoms with Gasteiger partial charge in [-0.1, -0.05) is 68.8 Å². The molecule has 7 nitrogen and oxygen atoms in total. The number of nitro groups is 1. The van der Waals surface area contributed by atoms with Gasteiger partial charge < -0.3 is 4.74 Å². The van der Waals surface area contributed by atoms with Gasteiger partial charge in [0.1, 0.15) is 11.7 Å². The molecule has 0 heterocycles. The van der Waals surface area contributed by atoms with Crippen molar-refractivity contribution in [1.82, 2.24) is 0 Å². The van der Waals surface area contributed by atoms with Crippen molar-refractivity contribution < 1.29 is 22.9 Å². The molecule has 0 aliphatic heterocycles. The van der Waals surface area contributed by atoms with Crippen LogP contribution in [0.1, 0.15) is 57.3 Å². The van der Waals surface area contributed by atoms with Crippen molar-refractivity contribution in [2.75, 3.05) is 6.61 Å². The number of hydrogen-bond acceptors (Lipinski definition) is 6. The van der Waals surface area contributed by atoms with E-state index in [0.717, 1.165) is 5.39 Å². The molecule has 0 aromatic heterocycles. The lowest BCUT2D eigenvalue weighted by Gasteiger charge is -2.29. The van der Waals surface area contributed by atoms with Gasteiger partial charge >= 0.3 is 10.8 Å². The molecule has 8 heteroatoms. The average molecular weight is 462 g/mol. The zero-order valence-corrected chi connectivity index (χ0v) is 19.6. The summed E-state index contributed by atoms with van der Waals surface area (Å²) in [6, 6.07) is 12.4. The fourth-order valence-corrected chi connectivity index (χ4v) is 6.19. The van der Waals surface area contributed by atoms with Gasteiger partial charge in [-0.05, 0) is 35.6 Å². The second kappa shape index (κ2) is 10.7. The molecule has 32 heavy (non-hydrogen) atoms. The van der Waals surface area contributed by atoms with Crippen LogP contribution in [0, 0.1) is 16.0 Å². The number of rotatable bonds is 12. The van der Waals surface area contributed by atoms with Gasteiger partial charge in [-0.3, -0.25) is 14.9 Å². The summed E-state index contributed by atoms with van der Waals surface area (Å²) in [6.45, 7) is 9.18. The summed E-state index contributed by atoms with van der Waals surface area (Å²) < 4.78 is 32.9. The van der Waals surface area contributed by atoms with E-state index in [4.69, 9.17) is 4.74 Å². The Morgan fingerprint density at radius 1 is 1.22 bits per heavy atom. The molecule has 0 radical (unpaired) electrons. The third-order valence-electron chi connectivity index (χ3n) is 5.62. The number of nitrogens with zero attached hydrogens (tertiary/aromatic N) is 1. The van der Waals surface area contributed by atoms with E-state index in [1.54, 1.807) is 31.2 Å². The Kier molecular flexibility index (Phi) is 8.55. The third kappa shape index (κ3) is 5.18. The van der Waals surface area contributed by atoms with Gasteiger partial charge in [0.2, 0.25) is 9.84 Å². The lowest BCUT2D eigenvalue weighted by Crippen LogP contribution is -2.50. The highest BCUT2D eigenvalue weighted by molar-refractivity contribution is 7.93. The Bertz CT molecular complexity index is 1070. The molecule has 0 saturated heterocycles. The Hall–Kier alpha value is -2.74. The molecule has 2 unspecified atom stereocenters. The zero-order valence-electron chi connectivity index (χ0n) is 18.8. The van der Waals surface area contributed by atoms with Crippen LogP contribution in [0.4, 0.5) is 0 Å². The van der Waals surface area contributed by atoms with Crippen molar-refractivity contribution >= 4 is 26.6 Å². The predicted molar refractivity (Wildman–Crippen MR) is 125 cm³/mol. The highest BCUT2D eigenvalue weighted by atomic mass is 32.2. The largest absolute Gasteiger partial charge is 0.466 e. The molecule has 0 spiro atoms. The van der Waals surface area contributed by atoms with Gasteiger partial charge in [-0.15, -0.1) is 6.58 Å². The highest BCUT2D eigenvalue weighted by Gasteiger charge is 2.59. The standard InChI is InChI=1S/C24H31NO6S/c1-5-22(21-15-9-13-19-12-7-8-14-20(19)21)32(29,30)24(25(27)28,16-10-11-18(3)4)17-23(26)31-6-2/h5,7-9,12-15,18,22H,1,6,10-11,16-17H2,2-4H3. The minimum atomic E-state index is -4.55. The Morgan fingerprint density at radius 3 is 2.47 bits per heavy atom. The lowest BCUT2D eigenvalue weighted by atomic mass is 10.0. The van der Waals surface area contributed by atoms with Crippen LogP contribution in [0.2, 0.25) is 0 Å². The van der Waals surface area contributed by atoms with Crippen LogP contribution < -0.4 is 0 Å². The van der Waals surface area contributed by atoms with E-state index in [9.17, 15) is 23.3 Å². The van der Waals surface area contributed by atoms with Gasteiger partial charge in [0.15, 0.2) is 0 Å². The zero-order chi connectivity index (χ0) is 23.9. The van der Waals surface area contributed by atoms with E-state index in [-0.39, 0.29) is 25.4 Å². The van der Waals surface area contributed by atoms with E-state index in [1.165, 1.54) is 6.08 Å². The molecule has 2 aromatic carbocycles. The first-order valence-corrected chi connectivity index (χ1v) is 12.3. The van der Waals surface area contributed by atoms with Gasteiger partial charge in [0, 0.05) is 11.3 Å². The van der Waals surface area contributed by atoms with Crippen LogP contribution in [0.5, 0.6) is 0 Å². The Morgan fingerprint density at radius 2 is 1.88 bits per heavy atom. The topological polar surface area (TPSA) is 104 Å². The molecule has 0 aliphatic carbocycles. The monoisotopic (exact) mass is 461 g/mol. The van der Waals surface area contributed by atoms with Gasteiger partial charge in [-0.2, -0.15) is 0 Å². The smallest absolute Gasteiger partial charge is 0.330 e. The molecule has 0 N–H and O–H groups in total. The van der Waals surface area contributed by atoms with Crippen LogP contribution >= 0.6 is 0 Å². The number of benzene rings is 2. The van der Waals surface area contributed by atoms with Gasteiger partial charge in [-0.25, -0.2) is 8.42 Å². The number of esters is 1. The molecule has 0 aliphatic rings. The molecular weight excluding hydrogens is 430 g/mol. The van der Waals surface area contributed by atoms with Crippen molar-refractivity contribution in [2.24, 2.45) is 5.92 Å². The summed E-state index contributed by atoms with van der Waals surface area (Å²) in [4.78, 5) is 21.4. The van der Waals surface area contributed by atoms with Crippen LogP contribution in [-0.2, 0) is 19.4 Å². The molecule has 2 aromatic rings.